The maximum atomic E-state index is 12.4. The van der Waals surface area contributed by atoms with Gasteiger partial charge >= 0.3 is 0 Å². The summed E-state index contributed by atoms with van der Waals surface area (Å²) in [6, 6.07) is 5.36. The van der Waals surface area contributed by atoms with Gasteiger partial charge in [-0.1, -0.05) is 0 Å². The predicted octanol–water partition coefficient (Wildman–Crippen LogP) is 0.148. The number of hydrogen-bond acceptors (Lipinski definition) is 5. The fourth-order valence-corrected chi connectivity index (χ4v) is 4.93. The quantitative estimate of drug-likeness (QED) is 0.819. The molecule has 0 unspecified atom stereocenters. The molecule has 0 spiro atoms. The number of hydrogen-bond donors (Lipinski definition) is 1. The molecule has 0 amide bonds. The zero-order chi connectivity index (χ0) is 15.8. The second-order valence-electron chi connectivity index (χ2n) is 5.38. The molecule has 1 aliphatic carbocycles. The fraction of sp³-hybridized carbons (Fsp3) is 0.538. The highest BCUT2D eigenvalue weighted by Crippen LogP contribution is 2.23. The topological polar surface area (TPSA) is 92.8 Å². The normalized spacial score (nSPS) is 20.9. The first kappa shape index (κ1) is 15.9. The second-order valence-corrected chi connectivity index (χ2v) is 9.04. The molecule has 1 aromatic rings. The minimum absolute atomic E-state index is 0.0155. The van der Waals surface area contributed by atoms with E-state index in [2.05, 4.69) is 4.72 Å². The van der Waals surface area contributed by atoms with Crippen LogP contribution in [0, 0.1) is 0 Å². The van der Waals surface area contributed by atoms with Crippen molar-refractivity contribution in [2.24, 2.45) is 0 Å². The average Bonchev–Trinajstić information content (AvgIpc) is 3.31. The van der Waals surface area contributed by atoms with Gasteiger partial charge in [0.15, 0.2) is 0 Å². The number of morpholine rings is 1. The smallest absolute Gasteiger partial charge is 0.243 e. The highest BCUT2D eigenvalue weighted by molar-refractivity contribution is 7.89. The second kappa shape index (κ2) is 5.89. The van der Waals surface area contributed by atoms with Gasteiger partial charge in [0.2, 0.25) is 20.0 Å². The van der Waals surface area contributed by atoms with Crippen LogP contribution in [0.5, 0.6) is 0 Å². The van der Waals surface area contributed by atoms with Gasteiger partial charge in [0, 0.05) is 19.1 Å². The molecule has 1 saturated carbocycles. The van der Waals surface area contributed by atoms with E-state index < -0.39 is 20.0 Å². The Hall–Kier alpha value is -1.00. The number of nitrogens with one attached hydrogen (secondary N) is 1. The lowest BCUT2D eigenvalue weighted by molar-refractivity contribution is 0.0730. The zero-order valence-electron chi connectivity index (χ0n) is 11.9. The van der Waals surface area contributed by atoms with E-state index in [0.29, 0.717) is 26.3 Å². The van der Waals surface area contributed by atoms with Crippen molar-refractivity contribution in [3.8, 4) is 0 Å². The van der Waals surface area contributed by atoms with Crippen LogP contribution in [-0.4, -0.2) is 53.5 Å². The summed E-state index contributed by atoms with van der Waals surface area (Å²) in [5.41, 5.74) is 0. The SMILES string of the molecule is O=S(=O)(NC1CC1)c1ccc(S(=O)(=O)N2CCOCC2)cc1. The van der Waals surface area contributed by atoms with Crippen LogP contribution in [0.2, 0.25) is 0 Å². The third-order valence-electron chi connectivity index (χ3n) is 3.64. The average molecular weight is 346 g/mol. The van der Waals surface area contributed by atoms with E-state index in [-0.39, 0.29) is 15.8 Å². The van der Waals surface area contributed by atoms with Crippen LogP contribution in [0.15, 0.2) is 34.1 Å². The molecule has 0 radical (unpaired) electrons. The van der Waals surface area contributed by atoms with Gasteiger partial charge < -0.3 is 4.74 Å². The number of sulfonamides is 2. The van der Waals surface area contributed by atoms with E-state index in [1.54, 1.807) is 0 Å². The molecule has 122 valence electrons. The van der Waals surface area contributed by atoms with Crippen molar-refractivity contribution in [1.82, 2.24) is 9.03 Å². The summed E-state index contributed by atoms with van der Waals surface area (Å²) < 4.78 is 58.1. The summed E-state index contributed by atoms with van der Waals surface area (Å²) in [5.74, 6) is 0. The molecule has 1 aromatic carbocycles. The van der Waals surface area contributed by atoms with Gasteiger partial charge in [-0.05, 0) is 37.1 Å². The summed E-state index contributed by atoms with van der Waals surface area (Å²) in [4.78, 5) is 0.181. The lowest BCUT2D eigenvalue weighted by Gasteiger charge is -2.26. The molecule has 2 fully saturated rings. The van der Waals surface area contributed by atoms with Crippen LogP contribution in [0.4, 0.5) is 0 Å². The van der Waals surface area contributed by atoms with E-state index in [1.807, 2.05) is 0 Å². The molecule has 0 atom stereocenters. The number of rotatable bonds is 5. The Morgan fingerprint density at radius 3 is 2.05 bits per heavy atom. The van der Waals surface area contributed by atoms with Crippen LogP contribution in [0.1, 0.15) is 12.8 Å². The maximum Gasteiger partial charge on any atom is 0.243 e. The van der Waals surface area contributed by atoms with Gasteiger partial charge in [-0.25, -0.2) is 21.6 Å². The summed E-state index contributed by atoms with van der Waals surface area (Å²) in [6.45, 7) is 1.37. The van der Waals surface area contributed by atoms with Gasteiger partial charge in [0.05, 0.1) is 23.0 Å². The molecule has 2 aliphatic rings. The van der Waals surface area contributed by atoms with Crippen molar-refractivity contribution in [2.75, 3.05) is 26.3 Å². The Kier molecular flexibility index (Phi) is 4.25. The van der Waals surface area contributed by atoms with E-state index in [9.17, 15) is 16.8 Å². The molecule has 9 heteroatoms. The van der Waals surface area contributed by atoms with Crippen molar-refractivity contribution >= 4 is 20.0 Å². The highest BCUT2D eigenvalue weighted by Gasteiger charge is 2.29. The van der Waals surface area contributed by atoms with Crippen molar-refractivity contribution in [3.63, 3.8) is 0 Å². The first-order chi connectivity index (χ1) is 10.4. The number of nitrogens with zero attached hydrogens (tertiary/aromatic N) is 1. The van der Waals surface area contributed by atoms with E-state index >= 15 is 0 Å². The molecular formula is C13H18N2O5S2. The van der Waals surface area contributed by atoms with E-state index in [1.165, 1.54) is 28.6 Å². The largest absolute Gasteiger partial charge is 0.379 e. The maximum absolute atomic E-state index is 12.4. The molecule has 0 bridgehead atoms. The fourth-order valence-electron chi connectivity index (χ4n) is 2.22. The molecule has 7 nitrogen and oxygen atoms in total. The molecule has 1 saturated heterocycles. The van der Waals surface area contributed by atoms with Crippen molar-refractivity contribution in [2.45, 2.75) is 28.7 Å². The molecule has 1 heterocycles. The Balaban J connectivity index is 1.81. The van der Waals surface area contributed by atoms with Gasteiger partial charge in [-0.3, -0.25) is 0 Å². The van der Waals surface area contributed by atoms with Crippen LogP contribution in [0.25, 0.3) is 0 Å². The Morgan fingerprint density at radius 2 is 1.50 bits per heavy atom. The number of benzene rings is 1. The van der Waals surface area contributed by atoms with Gasteiger partial charge in [0.25, 0.3) is 0 Å². The minimum atomic E-state index is -3.60. The van der Waals surface area contributed by atoms with Crippen molar-refractivity contribution in [3.05, 3.63) is 24.3 Å². The molecule has 1 aliphatic heterocycles. The minimum Gasteiger partial charge on any atom is -0.379 e. The Bertz CT molecular complexity index is 733. The first-order valence-corrected chi connectivity index (χ1v) is 10.0. The lowest BCUT2D eigenvalue weighted by atomic mass is 10.4. The molecule has 22 heavy (non-hydrogen) atoms. The monoisotopic (exact) mass is 346 g/mol. The van der Waals surface area contributed by atoms with Crippen LogP contribution >= 0.6 is 0 Å². The standard InChI is InChI=1S/C13H18N2O5S2/c16-21(17,14-11-1-2-11)12-3-5-13(6-4-12)22(18,19)15-7-9-20-10-8-15/h3-6,11,14H,1-2,7-10H2. The lowest BCUT2D eigenvalue weighted by Crippen LogP contribution is -2.40. The van der Waals surface area contributed by atoms with Gasteiger partial charge in [-0.2, -0.15) is 4.31 Å². The van der Waals surface area contributed by atoms with Gasteiger partial charge in [0.1, 0.15) is 0 Å². The molecular weight excluding hydrogens is 328 g/mol. The third-order valence-corrected chi connectivity index (χ3v) is 7.09. The summed E-state index contributed by atoms with van der Waals surface area (Å²) in [6.07, 6.45) is 1.70. The Morgan fingerprint density at radius 1 is 0.955 bits per heavy atom. The zero-order valence-corrected chi connectivity index (χ0v) is 13.6. The first-order valence-electron chi connectivity index (χ1n) is 7.10. The molecule has 1 N–H and O–H groups in total. The predicted molar refractivity (Wildman–Crippen MR) is 79.4 cm³/mol. The summed E-state index contributed by atoms with van der Waals surface area (Å²) in [7, 11) is -7.16. The van der Waals surface area contributed by atoms with Crippen LogP contribution in [-0.2, 0) is 24.8 Å². The van der Waals surface area contributed by atoms with Gasteiger partial charge in [-0.15, -0.1) is 0 Å². The Labute approximate surface area is 130 Å². The van der Waals surface area contributed by atoms with Crippen LogP contribution < -0.4 is 4.72 Å². The summed E-state index contributed by atoms with van der Waals surface area (Å²) in [5, 5.41) is 0. The molecule has 0 aromatic heterocycles. The van der Waals surface area contributed by atoms with Crippen LogP contribution in [0.3, 0.4) is 0 Å². The molecule has 3 rings (SSSR count). The summed E-state index contributed by atoms with van der Waals surface area (Å²) >= 11 is 0. The third kappa shape index (κ3) is 3.33. The number of ether oxygens (including phenoxy) is 1. The van der Waals surface area contributed by atoms with E-state index in [0.717, 1.165) is 12.8 Å². The van der Waals surface area contributed by atoms with Crippen molar-refractivity contribution in [1.29, 1.82) is 0 Å². The van der Waals surface area contributed by atoms with E-state index in [4.69, 9.17) is 4.74 Å². The van der Waals surface area contributed by atoms with Crippen molar-refractivity contribution < 1.29 is 21.6 Å². The highest BCUT2D eigenvalue weighted by atomic mass is 32.2.